The summed E-state index contributed by atoms with van der Waals surface area (Å²) in [6.07, 6.45) is 1.94. The van der Waals surface area contributed by atoms with Gasteiger partial charge in [0, 0.05) is 13.1 Å². The Bertz CT molecular complexity index is 390. The van der Waals surface area contributed by atoms with Crippen molar-refractivity contribution in [2.75, 3.05) is 13.1 Å². The van der Waals surface area contributed by atoms with Gasteiger partial charge >= 0.3 is 0 Å². The third-order valence-corrected chi connectivity index (χ3v) is 2.66. The van der Waals surface area contributed by atoms with Gasteiger partial charge in [0.15, 0.2) is 0 Å². The summed E-state index contributed by atoms with van der Waals surface area (Å²) in [6, 6.07) is 3.98. The number of phenols is 2. The molecule has 2 N–H and O–H groups in total. The summed E-state index contributed by atoms with van der Waals surface area (Å²) in [5, 5.41) is 19.0. The van der Waals surface area contributed by atoms with Crippen LogP contribution < -0.4 is 0 Å². The van der Waals surface area contributed by atoms with E-state index in [9.17, 15) is 15.0 Å². The van der Waals surface area contributed by atoms with Gasteiger partial charge in [0.1, 0.15) is 11.5 Å². The van der Waals surface area contributed by atoms with Crippen LogP contribution in [0.3, 0.4) is 0 Å². The van der Waals surface area contributed by atoms with Gasteiger partial charge in [0.2, 0.25) is 0 Å². The van der Waals surface area contributed by atoms with E-state index in [2.05, 4.69) is 6.92 Å². The van der Waals surface area contributed by atoms with Crippen molar-refractivity contribution in [3.8, 4) is 11.5 Å². The first kappa shape index (κ1) is 13.4. The highest BCUT2D eigenvalue weighted by Gasteiger charge is 2.17. The quantitative estimate of drug-likeness (QED) is 0.773. The van der Waals surface area contributed by atoms with Crippen molar-refractivity contribution < 1.29 is 15.0 Å². The largest absolute Gasteiger partial charge is 0.508 e. The number of benzene rings is 1. The molecule has 0 aliphatic rings. The Kier molecular flexibility index (Phi) is 4.82. The number of hydrogen-bond donors (Lipinski definition) is 2. The molecule has 1 amide bonds. The summed E-state index contributed by atoms with van der Waals surface area (Å²) in [5.74, 6) is -0.352. The molecule has 0 aliphatic heterocycles. The highest BCUT2D eigenvalue weighted by molar-refractivity contribution is 5.97. The van der Waals surface area contributed by atoms with Crippen LogP contribution in [0.4, 0.5) is 0 Å². The van der Waals surface area contributed by atoms with Crippen molar-refractivity contribution in [2.24, 2.45) is 0 Å². The number of rotatable bonds is 5. The minimum atomic E-state index is -0.241. The molecule has 1 rings (SSSR count). The van der Waals surface area contributed by atoms with Crippen LogP contribution in [-0.2, 0) is 0 Å². The maximum Gasteiger partial charge on any atom is 0.257 e. The lowest BCUT2D eigenvalue weighted by molar-refractivity contribution is 0.0759. The van der Waals surface area contributed by atoms with E-state index < -0.39 is 0 Å². The van der Waals surface area contributed by atoms with Crippen molar-refractivity contribution in [1.29, 1.82) is 0 Å². The summed E-state index contributed by atoms with van der Waals surface area (Å²) in [5.41, 5.74) is 0.156. The maximum atomic E-state index is 12.1. The Labute approximate surface area is 101 Å². The molecule has 0 aromatic heterocycles. The van der Waals surface area contributed by atoms with Crippen LogP contribution in [0.1, 0.15) is 37.0 Å². The van der Waals surface area contributed by atoms with Crippen LogP contribution in [0.2, 0.25) is 0 Å². The van der Waals surface area contributed by atoms with Crippen molar-refractivity contribution in [2.45, 2.75) is 26.7 Å². The molecule has 0 saturated carbocycles. The molecule has 0 aliphatic carbocycles. The number of aromatic hydroxyl groups is 2. The third-order valence-electron chi connectivity index (χ3n) is 2.66. The molecule has 1 aromatic rings. The second-order valence-corrected chi connectivity index (χ2v) is 3.94. The van der Waals surface area contributed by atoms with Gasteiger partial charge in [-0.25, -0.2) is 0 Å². The van der Waals surface area contributed by atoms with Crippen LogP contribution in [-0.4, -0.2) is 34.1 Å². The van der Waals surface area contributed by atoms with Crippen LogP contribution in [0, 0.1) is 0 Å². The molecule has 0 heterocycles. The smallest absolute Gasteiger partial charge is 0.257 e. The molecule has 0 fully saturated rings. The Morgan fingerprint density at radius 2 is 2.00 bits per heavy atom. The molecule has 0 unspecified atom stereocenters. The topological polar surface area (TPSA) is 60.8 Å². The van der Waals surface area contributed by atoms with Gasteiger partial charge in [-0.2, -0.15) is 0 Å². The highest BCUT2D eigenvalue weighted by Crippen LogP contribution is 2.23. The molecule has 4 heteroatoms. The van der Waals surface area contributed by atoms with E-state index in [-0.39, 0.29) is 23.0 Å². The summed E-state index contributed by atoms with van der Waals surface area (Å²) < 4.78 is 0. The van der Waals surface area contributed by atoms with E-state index in [0.717, 1.165) is 12.8 Å². The van der Waals surface area contributed by atoms with Crippen molar-refractivity contribution in [3.05, 3.63) is 23.8 Å². The standard InChI is InChI=1S/C13H19NO3/c1-3-5-8-14(4-2)13(17)11-9-10(15)6-7-12(11)16/h6-7,9,15-16H,3-5,8H2,1-2H3. The molecule has 0 atom stereocenters. The molecular formula is C13H19NO3. The van der Waals surface area contributed by atoms with E-state index in [4.69, 9.17) is 0 Å². The zero-order chi connectivity index (χ0) is 12.8. The summed E-state index contributed by atoms with van der Waals surface area (Å²) in [4.78, 5) is 13.8. The number of carbonyl (C=O) groups is 1. The fourth-order valence-corrected chi connectivity index (χ4v) is 1.62. The van der Waals surface area contributed by atoms with E-state index in [0.29, 0.717) is 13.1 Å². The minimum Gasteiger partial charge on any atom is -0.508 e. The van der Waals surface area contributed by atoms with Gasteiger partial charge < -0.3 is 15.1 Å². The minimum absolute atomic E-state index is 0.0160. The number of unbranched alkanes of at least 4 members (excludes halogenated alkanes) is 1. The van der Waals surface area contributed by atoms with Gasteiger partial charge in [0.25, 0.3) is 5.91 Å². The Morgan fingerprint density at radius 3 is 2.59 bits per heavy atom. The normalized spacial score (nSPS) is 10.2. The van der Waals surface area contributed by atoms with Gasteiger partial charge in [-0.1, -0.05) is 13.3 Å². The lowest BCUT2D eigenvalue weighted by Gasteiger charge is -2.21. The van der Waals surface area contributed by atoms with E-state index in [1.54, 1.807) is 4.90 Å². The first-order valence-electron chi connectivity index (χ1n) is 5.91. The van der Waals surface area contributed by atoms with E-state index in [1.807, 2.05) is 6.92 Å². The van der Waals surface area contributed by atoms with E-state index >= 15 is 0 Å². The molecule has 0 bridgehead atoms. The van der Waals surface area contributed by atoms with Crippen LogP contribution >= 0.6 is 0 Å². The van der Waals surface area contributed by atoms with Gasteiger partial charge in [-0.05, 0) is 31.5 Å². The summed E-state index contributed by atoms with van der Waals surface area (Å²) in [7, 11) is 0. The molecule has 1 aromatic carbocycles. The number of phenolic OH excluding ortho intramolecular Hbond substituents is 2. The van der Waals surface area contributed by atoms with Gasteiger partial charge in [-0.15, -0.1) is 0 Å². The Hall–Kier alpha value is -1.71. The average molecular weight is 237 g/mol. The van der Waals surface area contributed by atoms with E-state index in [1.165, 1.54) is 18.2 Å². The monoisotopic (exact) mass is 237 g/mol. The highest BCUT2D eigenvalue weighted by atomic mass is 16.3. The van der Waals surface area contributed by atoms with Crippen LogP contribution in [0.5, 0.6) is 11.5 Å². The molecular weight excluding hydrogens is 218 g/mol. The van der Waals surface area contributed by atoms with Crippen LogP contribution in [0.15, 0.2) is 18.2 Å². The Morgan fingerprint density at radius 1 is 1.29 bits per heavy atom. The molecule has 0 radical (unpaired) electrons. The molecule has 4 nitrogen and oxygen atoms in total. The lowest BCUT2D eigenvalue weighted by Crippen LogP contribution is -2.31. The number of amides is 1. The number of hydrogen-bond acceptors (Lipinski definition) is 3. The second kappa shape index (κ2) is 6.13. The Balaban J connectivity index is 2.89. The average Bonchev–Trinajstić information content (AvgIpc) is 2.33. The van der Waals surface area contributed by atoms with Crippen molar-refractivity contribution in [1.82, 2.24) is 4.90 Å². The second-order valence-electron chi connectivity index (χ2n) is 3.94. The predicted molar refractivity (Wildman–Crippen MR) is 66.3 cm³/mol. The zero-order valence-electron chi connectivity index (χ0n) is 10.3. The van der Waals surface area contributed by atoms with Crippen molar-refractivity contribution in [3.63, 3.8) is 0 Å². The summed E-state index contributed by atoms with van der Waals surface area (Å²) in [6.45, 7) is 5.21. The van der Waals surface area contributed by atoms with Gasteiger partial charge in [-0.3, -0.25) is 4.79 Å². The first-order valence-corrected chi connectivity index (χ1v) is 5.91. The third kappa shape index (κ3) is 3.37. The SMILES string of the molecule is CCCCN(CC)C(=O)c1cc(O)ccc1O. The molecule has 94 valence electrons. The van der Waals surface area contributed by atoms with Crippen LogP contribution in [0.25, 0.3) is 0 Å². The molecule has 0 saturated heterocycles. The zero-order valence-corrected chi connectivity index (χ0v) is 10.3. The van der Waals surface area contributed by atoms with Gasteiger partial charge in [0.05, 0.1) is 5.56 Å². The summed E-state index contributed by atoms with van der Waals surface area (Å²) >= 11 is 0. The number of nitrogens with zero attached hydrogens (tertiary/aromatic N) is 1. The first-order chi connectivity index (χ1) is 8.10. The predicted octanol–water partition coefficient (Wildman–Crippen LogP) is 2.36. The fourth-order valence-electron chi connectivity index (χ4n) is 1.62. The lowest BCUT2D eigenvalue weighted by atomic mass is 10.1. The molecule has 17 heavy (non-hydrogen) atoms. The molecule has 0 spiro atoms. The maximum absolute atomic E-state index is 12.1. The number of carbonyl (C=O) groups excluding carboxylic acids is 1. The fraction of sp³-hybridized carbons (Fsp3) is 0.462. The van der Waals surface area contributed by atoms with Crippen molar-refractivity contribution >= 4 is 5.91 Å².